The molecule has 21 heavy (non-hydrogen) atoms. The fraction of sp³-hybridized carbons (Fsp3) is 0.0909. The molecular formula is C11H8F3N5O2. The number of benzene rings is 1. The second-order valence-electron chi connectivity index (χ2n) is 3.92. The van der Waals surface area contributed by atoms with Crippen molar-refractivity contribution in [1.29, 1.82) is 0 Å². The summed E-state index contributed by atoms with van der Waals surface area (Å²) in [7, 11) is 0. The largest absolute Gasteiger partial charge is 0.416 e. The fourth-order valence-corrected chi connectivity index (χ4v) is 1.52. The van der Waals surface area contributed by atoms with E-state index in [0.29, 0.717) is 0 Å². The molecule has 1 aromatic carbocycles. The molecule has 0 spiro atoms. The summed E-state index contributed by atoms with van der Waals surface area (Å²) in [4.78, 5) is 17.1. The molecule has 2 rings (SSSR count). The van der Waals surface area contributed by atoms with Gasteiger partial charge in [0.25, 0.3) is 0 Å². The Morgan fingerprint density at radius 1 is 1.33 bits per heavy atom. The maximum atomic E-state index is 12.6. The van der Waals surface area contributed by atoms with Crippen LogP contribution in [0.5, 0.6) is 0 Å². The van der Waals surface area contributed by atoms with Gasteiger partial charge in [-0.15, -0.1) is 0 Å². The van der Waals surface area contributed by atoms with Crippen molar-refractivity contribution in [3.8, 4) is 0 Å². The van der Waals surface area contributed by atoms with E-state index in [1.165, 1.54) is 12.1 Å². The van der Waals surface area contributed by atoms with E-state index in [-0.39, 0.29) is 17.5 Å². The number of hydrogen-bond donors (Lipinski definition) is 2. The van der Waals surface area contributed by atoms with Crippen molar-refractivity contribution in [3.63, 3.8) is 0 Å². The molecule has 0 unspecified atom stereocenters. The van der Waals surface area contributed by atoms with Gasteiger partial charge < -0.3 is 11.1 Å². The number of alkyl halides is 3. The van der Waals surface area contributed by atoms with Crippen LogP contribution in [0.25, 0.3) is 0 Å². The molecular weight excluding hydrogens is 291 g/mol. The molecule has 0 aliphatic carbocycles. The first kappa shape index (κ1) is 14.5. The van der Waals surface area contributed by atoms with Gasteiger partial charge in [-0.1, -0.05) is 6.07 Å². The summed E-state index contributed by atoms with van der Waals surface area (Å²) in [5.41, 5.74) is 3.92. The van der Waals surface area contributed by atoms with Crippen molar-refractivity contribution in [2.24, 2.45) is 0 Å². The Labute approximate surface area is 115 Å². The summed E-state index contributed by atoms with van der Waals surface area (Å²) < 4.78 is 37.8. The lowest BCUT2D eigenvalue weighted by Gasteiger charge is -2.10. The van der Waals surface area contributed by atoms with Crippen LogP contribution < -0.4 is 11.1 Å². The van der Waals surface area contributed by atoms with Gasteiger partial charge in [-0.2, -0.15) is 18.2 Å². The molecule has 110 valence electrons. The fourth-order valence-electron chi connectivity index (χ4n) is 1.52. The molecule has 0 fully saturated rings. The van der Waals surface area contributed by atoms with E-state index in [1.54, 1.807) is 0 Å². The Morgan fingerprint density at radius 3 is 2.67 bits per heavy atom. The molecule has 3 N–H and O–H groups in total. The van der Waals surface area contributed by atoms with Crippen LogP contribution in [0.1, 0.15) is 5.56 Å². The highest BCUT2D eigenvalue weighted by atomic mass is 19.4. The topological polar surface area (TPSA) is 107 Å². The molecule has 0 aliphatic heterocycles. The van der Waals surface area contributed by atoms with E-state index in [9.17, 15) is 23.3 Å². The smallest absolute Gasteiger partial charge is 0.368 e. The predicted molar refractivity (Wildman–Crippen MR) is 67.8 cm³/mol. The van der Waals surface area contributed by atoms with Crippen molar-refractivity contribution in [3.05, 3.63) is 46.1 Å². The minimum absolute atomic E-state index is 0.00831. The summed E-state index contributed by atoms with van der Waals surface area (Å²) in [6.07, 6.45) is -3.65. The van der Waals surface area contributed by atoms with E-state index >= 15 is 0 Å². The van der Waals surface area contributed by atoms with Crippen LogP contribution in [0.3, 0.4) is 0 Å². The first-order valence-corrected chi connectivity index (χ1v) is 5.48. The normalized spacial score (nSPS) is 11.2. The number of nitrogens with two attached hydrogens (primary N) is 1. The van der Waals surface area contributed by atoms with E-state index in [4.69, 9.17) is 5.73 Å². The van der Waals surface area contributed by atoms with E-state index in [2.05, 4.69) is 15.3 Å². The van der Waals surface area contributed by atoms with Crippen molar-refractivity contribution >= 4 is 23.1 Å². The molecule has 0 bridgehead atoms. The van der Waals surface area contributed by atoms with Gasteiger partial charge in [-0.3, -0.25) is 10.1 Å². The number of anilines is 3. The number of nitro groups is 1. The van der Waals surface area contributed by atoms with Gasteiger partial charge in [-0.25, -0.2) is 4.98 Å². The summed E-state index contributed by atoms with van der Waals surface area (Å²) in [6, 6.07) is 4.18. The third-order valence-electron chi connectivity index (χ3n) is 2.44. The van der Waals surface area contributed by atoms with E-state index < -0.39 is 22.4 Å². The van der Waals surface area contributed by atoms with Crippen molar-refractivity contribution in [2.75, 3.05) is 11.1 Å². The molecule has 10 heteroatoms. The van der Waals surface area contributed by atoms with Crippen LogP contribution in [0.2, 0.25) is 0 Å². The maximum Gasteiger partial charge on any atom is 0.416 e. The van der Waals surface area contributed by atoms with Gasteiger partial charge in [0.2, 0.25) is 11.8 Å². The SMILES string of the molecule is Nc1ncc([N+](=O)[O-])c(Nc2cccc(C(F)(F)F)c2)n1. The number of halogens is 3. The molecule has 1 aromatic heterocycles. The van der Waals surface area contributed by atoms with Crippen molar-refractivity contribution in [2.45, 2.75) is 6.18 Å². The molecule has 7 nitrogen and oxygen atoms in total. The number of nitrogens with zero attached hydrogens (tertiary/aromatic N) is 3. The zero-order valence-corrected chi connectivity index (χ0v) is 10.3. The van der Waals surface area contributed by atoms with Gasteiger partial charge in [-0.05, 0) is 18.2 Å². The second-order valence-corrected chi connectivity index (χ2v) is 3.92. The number of hydrogen-bond acceptors (Lipinski definition) is 6. The molecule has 0 aliphatic rings. The number of nitrogens with one attached hydrogen (secondary N) is 1. The van der Waals surface area contributed by atoms with Crippen LogP contribution in [-0.4, -0.2) is 14.9 Å². The average molecular weight is 299 g/mol. The third kappa shape index (κ3) is 3.35. The van der Waals surface area contributed by atoms with E-state index in [1.807, 2.05) is 0 Å². The van der Waals surface area contributed by atoms with Crippen LogP contribution >= 0.6 is 0 Å². The Bertz CT molecular complexity index is 690. The zero-order valence-electron chi connectivity index (χ0n) is 10.3. The van der Waals surface area contributed by atoms with Crippen LogP contribution in [0.15, 0.2) is 30.5 Å². The highest BCUT2D eigenvalue weighted by Gasteiger charge is 2.30. The Kier molecular flexibility index (Phi) is 3.61. The number of nitrogen functional groups attached to an aromatic ring is 1. The van der Waals surface area contributed by atoms with Crippen molar-refractivity contribution < 1.29 is 18.1 Å². The first-order valence-electron chi connectivity index (χ1n) is 5.48. The van der Waals surface area contributed by atoms with E-state index in [0.717, 1.165) is 18.3 Å². The first-order chi connectivity index (χ1) is 9.77. The van der Waals surface area contributed by atoms with Crippen LogP contribution in [-0.2, 0) is 6.18 Å². The summed E-state index contributed by atoms with van der Waals surface area (Å²) >= 11 is 0. The number of aromatic nitrogens is 2. The second kappa shape index (κ2) is 5.23. The molecule has 0 radical (unpaired) electrons. The lowest BCUT2D eigenvalue weighted by molar-refractivity contribution is -0.384. The quantitative estimate of drug-likeness (QED) is 0.666. The third-order valence-corrected chi connectivity index (χ3v) is 2.44. The number of rotatable bonds is 3. The standard InChI is InChI=1S/C11H8F3N5O2/c12-11(13,14)6-2-1-3-7(4-6)17-9-8(19(20)21)5-16-10(15)18-9/h1-5H,(H3,15,16,17,18). The summed E-state index contributed by atoms with van der Waals surface area (Å²) in [6.45, 7) is 0. The van der Waals surface area contributed by atoms with Gasteiger partial charge in [0.05, 0.1) is 10.5 Å². The Morgan fingerprint density at radius 2 is 2.05 bits per heavy atom. The van der Waals surface area contributed by atoms with Gasteiger partial charge in [0.1, 0.15) is 6.20 Å². The average Bonchev–Trinajstić information content (AvgIpc) is 2.37. The summed E-state index contributed by atoms with van der Waals surface area (Å²) in [5, 5.41) is 13.2. The Hall–Kier alpha value is -2.91. The van der Waals surface area contributed by atoms with Crippen molar-refractivity contribution in [1.82, 2.24) is 9.97 Å². The van der Waals surface area contributed by atoms with Gasteiger partial charge in [0.15, 0.2) is 0 Å². The molecule has 0 saturated carbocycles. The molecule has 1 heterocycles. The lowest BCUT2D eigenvalue weighted by atomic mass is 10.2. The monoisotopic (exact) mass is 299 g/mol. The lowest BCUT2D eigenvalue weighted by Crippen LogP contribution is -2.07. The minimum Gasteiger partial charge on any atom is -0.368 e. The molecule has 2 aromatic rings. The van der Waals surface area contributed by atoms with Gasteiger partial charge >= 0.3 is 11.9 Å². The predicted octanol–water partition coefficient (Wildman–Crippen LogP) is 2.73. The molecule has 0 saturated heterocycles. The maximum absolute atomic E-state index is 12.6. The molecule has 0 amide bonds. The van der Waals surface area contributed by atoms with Crippen LogP contribution in [0, 0.1) is 10.1 Å². The summed E-state index contributed by atoms with van der Waals surface area (Å²) in [5.74, 6) is -0.526. The Balaban J connectivity index is 2.39. The highest BCUT2D eigenvalue weighted by Crippen LogP contribution is 2.32. The van der Waals surface area contributed by atoms with Gasteiger partial charge in [0, 0.05) is 5.69 Å². The zero-order chi connectivity index (χ0) is 15.6. The molecule has 0 atom stereocenters. The van der Waals surface area contributed by atoms with Crippen LogP contribution in [0.4, 0.5) is 36.3 Å². The minimum atomic E-state index is -4.52. The highest BCUT2D eigenvalue weighted by molar-refractivity contribution is 5.66.